The summed E-state index contributed by atoms with van der Waals surface area (Å²) in [7, 11) is 2.17. The van der Waals surface area contributed by atoms with E-state index in [1.54, 1.807) is 4.52 Å². The third-order valence-electron chi connectivity index (χ3n) is 4.15. The molecule has 20 heavy (non-hydrogen) atoms. The van der Waals surface area contributed by atoms with Crippen molar-refractivity contribution in [3.8, 4) is 0 Å². The van der Waals surface area contributed by atoms with Crippen molar-refractivity contribution >= 4 is 23.2 Å². The average molecular weight is 295 g/mol. The average Bonchev–Trinajstić information content (AvgIpc) is 2.87. The molecule has 1 fully saturated rings. The van der Waals surface area contributed by atoms with E-state index >= 15 is 0 Å². The predicted octanol–water partition coefficient (Wildman–Crippen LogP) is 1.98. The van der Waals surface area contributed by atoms with Crippen LogP contribution in [0.4, 0.5) is 5.82 Å². The molecule has 1 saturated heterocycles. The van der Waals surface area contributed by atoms with Crippen LogP contribution < -0.4 is 5.32 Å². The van der Waals surface area contributed by atoms with E-state index in [1.165, 1.54) is 6.33 Å². The van der Waals surface area contributed by atoms with Gasteiger partial charge in [0.2, 0.25) is 0 Å². The highest BCUT2D eigenvalue weighted by Gasteiger charge is 2.24. The summed E-state index contributed by atoms with van der Waals surface area (Å²) < 4.78 is 1.73. The molecule has 1 aliphatic rings. The number of fused-ring (bicyclic) bond motifs is 1. The Morgan fingerprint density at radius 1 is 1.45 bits per heavy atom. The molecule has 0 radical (unpaired) electrons. The van der Waals surface area contributed by atoms with Crippen LogP contribution in [0.5, 0.6) is 0 Å². The molecule has 2 atom stereocenters. The minimum absolute atomic E-state index is 0.422. The molecule has 3 heterocycles. The van der Waals surface area contributed by atoms with Gasteiger partial charge in [0.1, 0.15) is 17.3 Å². The van der Waals surface area contributed by atoms with Crippen LogP contribution in [0.1, 0.15) is 25.3 Å². The van der Waals surface area contributed by atoms with Crippen LogP contribution in [-0.2, 0) is 0 Å². The zero-order valence-electron chi connectivity index (χ0n) is 12.0. The largest absolute Gasteiger partial charge is 0.367 e. The van der Waals surface area contributed by atoms with Crippen molar-refractivity contribution in [2.45, 2.75) is 38.8 Å². The second-order valence-corrected chi connectivity index (χ2v) is 5.90. The standard InChI is InChI=1S/C13H19ClN6/c1-8-6-10(4-5-19(8)3)17-12-9(2)11(14)18-13-15-7-16-20(12)13/h7-8,10,17H,4-6H2,1-3H3. The first-order chi connectivity index (χ1) is 9.56. The maximum atomic E-state index is 6.18. The quantitative estimate of drug-likeness (QED) is 0.858. The Kier molecular flexibility index (Phi) is 3.52. The normalized spacial score (nSPS) is 24.2. The fourth-order valence-corrected chi connectivity index (χ4v) is 2.85. The summed E-state index contributed by atoms with van der Waals surface area (Å²) in [5.74, 6) is 1.43. The van der Waals surface area contributed by atoms with Crippen LogP contribution in [-0.4, -0.2) is 50.2 Å². The first-order valence-corrected chi connectivity index (χ1v) is 7.26. The van der Waals surface area contributed by atoms with Gasteiger partial charge in [0, 0.05) is 24.2 Å². The molecule has 7 heteroatoms. The Morgan fingerprint density at radius 2 is 2.25 bits per heavy atom. The molecule has 0 bridgehead atoms. The van der Waals surface area contributed by atoms with Crippen LogP contribution >= 0.6 is 11.6 Å². The summed E-state index contributed by atoms with van der Waals surface area (Å²) in [5, 5.41) is 8.29. The maximum absolute atomic E-state index is 6.18. The number of aromatic nitrogens is 4. The molecular formula is C13H19ClN6. The van der Waals surface area contributed by atoms with E-state index in [1.807, 2.05) is 6.92 Å². The van der Waals surface area contributed by atoms with Crippen LogP contribution in [0.15, 0.2) is 6.33 Å². The Hall–Kier alpha value is -1.40. The number of likely N-dealkylation sites (tertiary alicyclic amines) is 1. The molecule has 3 rings (SSSR count). The minimum Gasteiger partial charge on any atom is -0.367 e. The molecule has 0 aromatic carbocycles. The number of nitrogens with one attached hydrogen (secondary N) is 1. The Bertz CT molecular complexity index is 625. The number of hydrogen-bond acceptors (Lipinski definition) is 5. The molecule has 0 amide bonds. The Labute approximate surface area is 123 Å². The lowest BCUT2D eigenvalue weighted by molar-refractivity contribution is 0.190. The molecule has 2 unspecified atom stereocenters. The van der Waals surface area contributed by atoms with E-state index in [0.717, 1.165) is 30.8 Å². The molecule has 2 aromatic heterocycles. The van der Waals surface area contributed by atoms with Gasteiger partial charge in [-0.3, -0.25) is 0 Å². The monoisotopic (exact) mass is 294 g/mol. The zero-order valence-corrected chi connectivity index (χ0v) is 12.7. The molecule has 0 spiro atoms. The van der Waals surface area contributed by atoms with E-state index in [-0.39, 0.29) is 0 Å². The number of nitrogens with zero attached hydrogens (tertiary/aromatic N) is 5. The molecule has 6 nitrogen and oxygen atoms in total. The van der Waals surface area contributed by atoms with Crippen molar-refractivity contribution in [2.75, 3.05) is 18.9 Å². The van der Waals surface area contributed by atoms with Crippen molar-refractivity contribution in [3.63, 3.8) is 0 Å². The summed E-state index contributed by atoms with van der Waals surface area (Å²) in [4.78, 5) is 10.7. The molecule has 2 aromatic rings. The fraction of sp³-hybridized carbons (Fsp3) is 0.615. The number of halogens is 1. The number of piperidine rings is 1. The summed E-state index contributed by atoms with van der Waals surface area (Å²) >= 11 is 6.18. The second kappa shape index (κ2) is 5.18. The minimum atomic E-state index is 0.422. The van der Waals surface area contributed by atoms with E-state index < -0.39 is 0 Å². The lowest BCUT2D eigenvalue weighted by Crippen LogP contribution is -2.43. The van der Waals surface area contributed by atoms with Gasteiger partial charge in [0.25, 0.3) is 5.78 Å². The molecule has 108 valence electrons. The van der Waals surface area contributed by atoms with Crippen molar-refractivity contribution in [1.29, 1.82) is 0 Å². The highest BCUT2D eigenvalue weighted by molar-refractivity contribution is 6.30. The van der Waals surface area contributed by atoms with Crippen molar-refractivity contribution in [3.05, 3.63) is 17.0 Å². The second-order valence-electron chi connectivity index (χ2n) is 5.54. The van der Waals surface area contributed by atoms with Crippen LogP contribution in [0.2, 0.25) is 5.15 Å². The third-order valence-corrected chi connectivity index (χ3v) is 4.52. The first kappa shape index (κ1) is 13.6. The summed E-state index contributed by atoms with van der Waals surface area (Å²) in [6.45, 7) is 5.31. The van der Waals surface area contributed by atoms with Crippen LogP contribution in [0, 0.1) is 6.92 Å². The van der Waals surface area contributed by atoms with Gasteiger partial charge in [0.05, 0.1) is 0 Å². The van der Waals surface area contributed by atoms with E-state index in [9.17, 15) is 0 Å². The van der Waals surface area contributed by atoms with Crippen molar-refractivity contribution in [1.82, 2.24) is 24.5 Å². The number of anilines is 1. The highest BCUT2D eigenvalue weighted by Crippen LogP contribution is 2.25. The summed E-state index contributed by atoms with van der Waals surface area (Å²) in [5.41, 5.74) is 0.913. The van der Waals surface area contributed by atoms with Crippen molar-refractivity contribution in [2.24, 2.45) is 0 Å². The zero-order chi connectivity index (χ0) is 14.3. The number of rotatable bonds is 2. The van der Waals surface area contributed by atoms with Gasteiger partial charge in [-0.2, -0.15) is 19.6 Å². The van der Waals surface area contributed by atoms with Gasteiger partial charge >= 0.3 is 0 Å². The van der Waals surface area contributed by atoms with E-state index in [2.05, 4.69) is 39.3 Å². The van der Waals surface area contributed by atoms with Gasteiger partial charge in [-0.25, -0.2) is 0 Å². The maximum Gasteiger partial charge on any atom is 0.255 e. The fourth-order valence-electron chi connectivity index (χ4n) is 2.68. The van der Waals surface area contributed by atoms with Gasteiger partial charge in [-0.1, -0.05) is 11.6 Å². The van der Waals surface area contributed by atoms with Crippen LogP contribution in [0.25, 0.3) is 5.78 Å². The summed E-state index contributed by atoms with van der Waals surface area (Å²) in [6, 6.07) is 0.996. The molecule has 1 N–H and O–H groups in total. The third kappa shape index (κ3) is 2.33. The molecule has 0 saturated carbocycles. The van der Waals surface area contributed by atoms with Gasteiger partial charge in [0.15, 0.2) is 0 Å². The lowest BCUT2D eigenvalue weighted by Gasteiger charge is -2.35. The van der Waals surface area contributed by atoms with Crippen LogP contribution in [0.3, 0.4) is 0 Å². The molecule has 0 aliphatic carbocycles. The summed E-state index contributed by atoms with van der Waals surface area (Å²) in [6.07, 6.45) is 3.71. The smallest absolute Gasteiger partial charge is 0.255 e. The topological polar surface area (TPSA) is 58.4 Å². The Balaban J connectivity index is 1.90. The van der Waals surface area contributed by atoms with Gasteiger partial charge in [-0.15, -0.1) is 0 Å². The Morgan fingerprint density at radius 3 is 3.00 bits per heavy atom. The van der Waals surface area contributed by atoms with E-state index in [4.69, 9.17) is 11.6 Å². The van der Waals surface area contributed by atoms with E-state index in [0.29, 0.717) is 23.0 Å². The lowest BCUT2D eigenvalue weighted by atomic mass is 9.99. The number of hydrogen-bond donors (Lipinski definition) is 1. The first-order valence-electron chi connectivity index (χ1n) is 6.89. The molecule has 1 aliphatic heterocycles. The molecular weight excluding hydrogens is 276 g/mol. The van der Waals surface area contributed by atoms with Gasteiger partial charge < -0.3 is 10.2 Å². The van der Waals surface area contributed by atoms with Gasteiger partial charge in [-0.05, 0) is 33.7 Å². The SMILES string of the molecule is Cc1c(Cl)nc2ncnn2c1NC1CCN(C)C(C)C1. The predicted molar refractivity (Wildman–Crippen MR) is 79.3 cm³/mol. The highest BCUT2D eigenvalue weighted by atomic mass is 35.5. The van der Waals surface area contributed by atoms with Crippen molar-refractivity contribution < 1.29 is 0 Å².